The highest BCUT2D eigenvalue weighted by Crippen LogP contribution is 2.23. The summed E-state index contributed by atoms with van der Waals surface area (Å²) in [5.41, 5.74) is 1.94. The number of benzene rings is 2. The van der Waals surface area contributed by atoms with Gasteiger partial charge in [-0.2, -0.15) is 0 Å². The van der Waals surface area contributed by atoms with E-state index in [0.717, 1.165) is 54.9 Å². The van der Waals surface area contributed by atoms with Crippen molar-refractivity contribution in [2.45, 2.75) is 6.54 Å². The van der Waals surface area contributed by atoms with Crippen LogP contribution in [0.5, 0.6) is 0 Å². The van der Waals surface area contributed by atoms with Gasteiger partial charge in [0.25, 0.3) is 0 Å². The molecular formula is C21H22N4O. The van der Waals surface area contributed by atoms with E-state index in [1.807, 2.05) is 59.6 Å². The smallest absolute Gasteiger partial charge is 0.321 e. The number of amides is 2. The topological polar surface area (TPSA) is 48.5 Å². The van der Waals surface area contributed by atoms with Crippen LogP contribution in [0.2, 0.25) is 0 Å². The van der Waals surface area contributed by atoms with Gasteiger partial charge in [-0.05, 0) is 23.6 Å². The first-order chi connectivity index (χ1) is 12.8. The summed E-state index contributed by atoms with van der Waals surface area (Å²) < 4.78 is 0. The molecule has 1 saturated heterocycles. The third kappa shape index (κ3) is 3.68. The summed E-state index contributed by atoms with van der Waals surface area (Å²) in [6.07, 6.45) is 1.82. The lowest BCUT2D eigenvalue weighted by Crippen LogP contribution is -2.49. The second-order valence-corrected chi connectivity index (χ2v) is 6.54. The second-order valence-electron chi connectivity index (χ2n) is 6.54. The molecule has 1 aliphatic heterocycles. The lowest BCUT2D eigenvalue weighted by atomic mass is 10.1. The quantitative estimate of drug-likeness (QED) is 0.788. The fourth-order valence-corrected chi connectivity index (χ4v) is 3.36. The van der Waals surface area contributed by atoms with Gasteiger partial charge in [-0.15, -0.1) is 0 Å². The Kier molecular flexibility index (Phi) is 4.80. The van der Waals surface area contributed by atoms with Gasteiger partial charge in [0.1, 0.15) is 0 Å². The molecule has 0 atom stereocenters. The Morgan fingerprint density at radius 1 is 0.923 bits per heavy atom. The molecule has 2 amide bonds. The van der Waals surface area contributed by atoms with Crippen molar-refractivity contribution in [3.05, 3.63) is 72.6 Å². The Hall–Kier alpha value is -2.92. The Morgan fingerprint density at radius 3 is 2.50 bits per heavy atom. The van der Waals surface area contributed by atoms with Crippen LogP contribution in [0.1, 0.15) is 5.69 Å². The first kappa shape index (κ1) is 16.5. The molecule has 26 heavy (non-hydrogen) atoms. The lowest BCUT2D eigenvalue weighted by molar-refractivity contribution is 0.142. The van der Waals surface area contributed by atoms with E-state index >= 15 is 0 Å². The number of nitrogens with zero attached hydrogens (tertiary/aromatic N) is 3. The zero-order chi connectivity index (χ0) is 17.8. The van der Waals surface area contributed by atoms with Gasteiger partial charge in [-0.1, -0.05) is 42.5 Å². The Bertz CT molecular complexity index is 883. The van der Waals surface area contributed by atoms with Gasteiger partial charge in [-0.3, -0.25) is 9.88 Å². The van der Waals surface area contributed by atoms with Crippen molar-refractivity contribution in [3.8, 4) is 0 Å². The normalized spacial score (nSPS) is 15.2. The molecule has 2 aromatic carbocycles. The summed E-state index contributed by atoms with van der Waals surface area (Å²) in [4.78, 5) is 21.3. The molecule has 1 aromatic heterocycles. The van der Waals surface area contributed by atoms with Gasteiger partial charge in [-0.25, -0.2) is 4.79 Å². The molecule has 3 aromatic rings. The molecule has 132 valence electrons. The van der Waals surface area contributed by atoms with Gasteiger partial charge < -0.3 is 10.2 Å². The summed E-state index contributed by atoms with van der Waals surface area (Å²) in [5.74, 6) is 0. The van der Waals surface area contributed by atoms with Crippen LogP contribution in [-0.4, -0.2) is 47.0 Å². The maximum absolute atomic E-state index is 12.7. The second kappa shape index (κ2) is 7.54. The van der Waals surface area contributed by atoms with Gasteiger partial charge in [0, 0.05) is 44.3 Å². The Morgan fingerprint density at radius 2 is 1.69 bits per heavy atom. The molecule has 0 radical (unpaired) electrons. The molecule has 5 heteroatoms. The molecule has 0 unspecified atom stereocenters. The molecule has 0 bridgehead atoms. The zero-order valence-corrected chi connectivity index (χ0v) is 14.6. The number of carbonyl (C=O) groups is 1. The maximum atomic E-state index is 12.7. The number of carbonyl (C=O) groups excluding carboxylic acids is 1. The van der Waals surface area contributed by atoms with Crippen molar-refractivity contribution >= 4 is 22.5 Å². The lowest BCUT2D eigenvalue weighted by Gasteiger charge is -2.34. The highest BCUT2D eigenvalue weighted by atomic mass is 16.2. The van der Waals surface area contributed by atoms with Gasteiger partial charge in [0.05, 0.1) is 11.4 Å². The third-order valence-electron chi connectivity index (χ3n) is 4.80. The molecule has 2 heterocycles. The molecule has 1 N–H and O–H groups in total. The van der Waals surface area contributed by atoms with E-state index in [1.54, 1.807) is 0 Å². The van der Waals surface area contributed by atoms with Crippen molar-refractivity contribution in [1.82, 2.24) is 14.8 Å². The molecular weight excluding hydrogens is 324 g/mol. The molecule has 0 spiro atoms. The number of fused-ring (bicyclic) bond motifs is 1. The van der Waals surface area contributed by atoms with E-state index in [1.165, 1.54) is 0 Å². The minimum absolute atomic E-state index is 0.0289. The van der Waals surface area contributed by atoms with Crippen molar-refractivity contribution in [3.63, 3.8) is 0 Å². The van der Waals surface area contributed by atoms with Gasteiger partial charge in [0.15, 0.2) is 0 Å². The fraction of sp³-hybridized carbons (Fsp3) is 0.238. The van der Waals surface area contributed by atoms with Crippen LogP contribution >= 0.6 is 0 Å². The van der Waals surface area contributed by atoms with E-state index in [-0.39, 0.29) is 6.03 Å². The van der Waals surface area contributed by atoms with Crippen molar-refractivity contribution in [1.29, 1.82) is 0 Å². The Balaban J connectivity index is 1.36. The number of anilines is 1. The molecule has 0 saturated carbocycles. The van der Waals surface area contributed by atoms with E-state index in [2.05, 4.69) is 27.3 Å². The molecule has 5 nitrogen and oxygen atoms in total. The van der Waals surface area contributed by atoms with Crippen LogP contribution in [0, 0.1) is 0 Å². The predicted molar refractivity (Wildman–Crippen MR) is 104 cm³/mol. The van der Waals surface area contributed by atoms with E-state index in [0.29, 0.717) is 0 Å². The standard InChI is InChI=1S/C21H22N4O/c26-21(23-20-10-5-7-17-6-1-2-9-19(17)20)25-14-12-24(13-15-25)16-18-8-3-4-11-22-18/h1-11H,12-16H2,(H,23,26). The van der Waals surface area contributed by atoms with Crippen LogP contribution in [0.25, 0.3) is 10.8 Å². The highest BCUT2D eigenvalue weighted by Gasteiger charge is 2.21. The summed E-state index contributed by atoms with van der Waals surface area (Å²) in [6.45, 7) is 4.01. The number of piperazine rings is 1. The number of hydrogen-bond acceptors (Lipinski definition) is 3. The summed E-state index contributed by atoms with van der Waals surface area (Å²) in [7, 11) is 0. The minimum Gasteiger partial charge on any atom is -0.322 e. The van der Waals surface area contributed by atoms with Crippen LogP contribution in [-0.2, 0) is 6.54 Å². The van der Waals surface area contributed by atoms with Gasteiger partial charge >= 0.3 is 6.03 Å². The summed E-state index contributed by atoms with van der Waals surface area (Å²) in [5, 5.41) is 5.27. The molecule has 0 aliphatic carbocycles. The van der Waals surface area contributed by atoms with Gasteiger partial charge in [0.2, 0.25) is 0 Å². The van der Waals surface area contributed by atoms with Crippen LogP contribution < -0.4 is 5.32 Å². The largest absolute Gasteiger partial charge is 0.322 e. The van der Waals surface area contributed by atoms with Crippen LogP contribution in [0.4, 0.5) is 10.5 Å². The number of urea groups is 1. The first-order valence-corrected chi connectivity index (χ1v) is 8.95. The molecule has 4 rings (SSSR count). The summed E-state index contributed by atoms with van der Waals surface area (Å²) in [6, 6.07) is 20.0. The zero-order valence-electron chi connectivity index (χ0n) is 14.6. The third-order valence-corrected chi connectivity index (χ3v) is 4.80. The highest BCUT2D eigenvalue weighted by molar-refractivity contribution is 6.01. The predicted octanol–water partition coefficient (Wildman–Crippen LogP) is 3.58. The molecule has 1 aliphatic rings. The van der Waals surface area contributed by atoms with Crippen molar-refractivity contribution in [2.75, 3.05) is 31.5 Å². The average molecular weight is 346 g/mol. The van der Waals surface area contributed by atoms with Crippen molar-refractivity contribution < 1.29 is 4.79 Å². The van der Waals surface area contributed by atoms with Crippen LogP contribution in [0.3, 0.4) is 0 Å². The number of rotatable bonds is 3. The summed E-state index contributed by atoms with van der Waals surface area (Å²) >= 11 is 0. The fourth-order valence-electron chi connectivity index (χ4n) is 3.36. The first-order valence-electron chi connectivity index (χ1n) is 8.95. The van der Waals surface area contributed by atoms with E-state index in [4.69, 9.17) is 0 Å². The average Bonchev–Trinajstić information content (AvgIpc) is 2.70. The van der Waals surface area contributed by atoms with E-state index < -0.39 is 0 Å². The number of nitrogens with one attached hydrogen (secondary N) is 1. The number of hydrogen-bond donors (Lipinski definition) is 1. The number of aromatic nitrogens is 1. The Labute approximate surface area is 153 Å². The number of pyridine rings is 1. The van der Waals surface area contributed by atoms with Crippen LogP contribution in [0.15, 0.2) is 66.9 Å². The molecule has 1 fully saturated rings. The maximum Gasteiger partial charge on any atom is 0.321 e. The van der Waals surface area contributed by atoms with E-state index in [9.17, 15) is 4.79 Å². The monoisotopic (exact) mass is 346 g/mol. The van der Waals surface area contributed by atoms with Crippen molar-refractivity contribution in [2.24, 2.45) is 0 Å². The SMILES string of the molecule is O=C(Nc1cccc2ccccc12)N1CCN(Cc2ccccn2)CC1. The minimum atomic E-state index is -0.0289.